The maximum atomic E-state index is 5.71. The standard InChI is InChI=1S/C15H17BrN2OS/c1-10-9-20-15(18-10)4-6-17-13-5-7-19-14-3-2-11(16)8-12(13)14/h2-3,8-9,13,17H,4-7H2,1H3. The molecule has 0 saturated carbocycles. The Kier molecular flexibility index (Phi) is 4.38. The number of nitrogens with zero attached hydrogens (tertiary/aromatic N) is 1. The van der Waals surface area contributed by atoms with Crippen molar-refractivity contribution >= 4 is 27.3 Å². The molecule has 0 saturated heterocycles. The minimum absolute atomic E-state index is 0.373. The van der Waals surface area contributed by atoms with Gasteiger partial charge in [0.25, 0.3) is 0 Å². The lowest BCUT2D eigenvalue weighted by Gasteiger charge is -2.27. The molecule has 1 aliphatic rings. The smallest absolute Gasteiger partial charge is 0.124 e. The van der Waals surface area contributed by atoms with Gasteiger partial charge in [0.15, 0.2) is 0 Å². The number of benzene rings is 1. The average molecular weight is 353 g/mol. The Morgan fingerprint density at radius 3 is 3.20 bits per heavy atom. The van der Waals surface area contributed by atoms with E-state index < -0.39 is 0 Å². The Hall–Kier alpha value is -0.910. The van der Waals surface area contributed by atoms with Crippen LogP contribution in [0.1, 0.15) is 28.7 Å². The van der Waals surface area contributed by atoms with Crippen molar-refractivity contribution in [2.75, 3.05) is 13.2 Å². The van der Waals surface area contributed by atoms with Crippen LogP contribution in [0.2, 0.25) is 0 Å². The van der Waals surface area contributed by atoms with E-state index in [1.165, 1.54) is 10.6 Å². The number of ether oxygens (including phenoxy) is 1. The maximum Gasteiger partial charge on any atom is 0.124 e. The summed E-state index contributed by atoms with van der Waals surface area (Å²) in [6.45, 7) is 3.77. The molecule has 0 amide bonds. The predicted octanol–water partition coefficient (Wildman–Crippen LogP) is 3.87. The molecule has 1 aromatic carbocycles. The number of thiazole rings is 1. The van der Waals surface area contributed by atoms with Gasteiger partial charge >= 0.3 is 0 Å². The molecule has 0 fully saturated rings. The van der Waals surface area contributed by atoms with E-state index in [-0.39, 0.29) is 0 Å². The van der Waals surface area contributed by atoms with E-state index in [0.29, 0.717) is 6.04 Å². The zero-order valence-corrected chi connectivity index (χ0v) is 13.8. The lowest BCUT2D eigenvalue weighted by molar-refractivity contribution is 0.253. The van der Waals surface area contributed by atoms with Crippen molar-refractivity contribution in [1.82, 2.24) is 10.3 Å². The van der Waals surface area contributed by atoms with Gasteiger partial charge in [-0.05, 0) is 25.1 Å². The average Bonchev–Trinajstić information content (AvgIpc) is 2.85. The first-order valence-electron chi connectivity index (χ1n) is 6.79. The summed E-state index contributed by atoms with van der Waals surface area (Å²) in [6, 6.07) is 6.59. The molecule has 20 heavy (non-hydrogen) atoms. The fourth-order valence-electron chi connectivity index (χ4n) is 2.45. The number of hydrogen-bond acceptors (Lipinski definition) is 4. The summed E-state index contributed by atoms with van der Waals surface area (Å²) in [6.07, 6.45) is 2.00. The Morgan fingerprint density at radius 2 is 2.40 bits per heavy atom. The minimum atomic E-state index is 0.373. The summed E-state index contributed by atoms with van der Waals surface area (Å²) < 4.78 is 6.81. The summed E-state index contributed by atoms with van der Waals surface area (Å²) in [5.41, 5.74) is 2.37. The molecule has 1 N–H and O–H groups in total. The zero-order valence-electron chi connectivity index (χ0n) is 11.4. The van der Waals surface area contributed by atoms with Crippen LogP contribution in [0.15, 0.2) is 28.1 Å². The van der Waals surface area contributed by atoms with E-state index in [2.05, 4.69) is 37.7 Å². The molecular formula is C15H17BrN2OS. The van der Waals surface area contributed by atoms with Crippen molar-refractivity contribution in [2.24, 2.45) is 0 Å². The second kappa shape index (κ2) is 6.24. The van der Waals surface area contributed by atoms with Crippen molar-refractivity contribution in [3.05, 3.63) is 44.3 Å². The molecule has 1 aliphatic heterocycles. The van der Waals surface area contributed by atoms with Crippen LogP contribution in [-0.2, 0) is 6.42 Å². The molecule has 0 radical (unpaired) electrons. The second-order valence-corrected chi connectivity index (χ2v) is 6.82. The van der Waals surface area contributed by atoms with Gasteiger partial charge in [0.05, 0.1) is 11.6 Å². The summed E-state index contributed by atoms with van der Waals surface area (Å²) in [5.74, 6) is 1.00. The van der Waals surface area contributed by atoms with Gasteiger partial charge < -0.3 is 10.1 Å². The number of halogens is 1. The molecule has 3 nitrogen and oxygen atoms in total. The van der Waals surface area contributed by atoms with Crippen LogP contribution in [0.4, 0.5) is 0 Å². The maximum absolute atomic E-state index is 5.71. The van der Waals surface area contributed by atoms with E-state index >= 15 is 0 Å². The van der Waals surface area contributed by atoms with Crippen LogP contribution in [0, 0.1) is 6.92 Å². The monoisotopic (exact) mass is 352 g/mol. The molecule has 2 heterocycles. The van der Waals surface area contributed by atoms with Crippen LogP contribution in [-0.4, -0.2) is 18.1 Å². The fourth-order valence-corrected chi connectivity index (χ4v) is 3.60. The summed E-state index contributed by atoms with van der Waals surface area (Å²) >= 11 is 5.27. The van der Waals surface area contributed by atoms with Gasteiger partial charge in [0.2, 0.25) is 0 Å². The first-order valence-corrected chi connectivity index (χ1v) is 8.46. The summed E-state index contributed by atoms with van der Waals surface area (Å²) in [4.78, 5) is 4.50. The molecule has 3 rings (SSSR count). The van der Waals surface area contributed by atoms with E-state index in [4.69, 9.17) is 4.74 Å². The number of fused-ring (bicyclic) bond motifs is 1. The highest BCUT2D eigenvalue weighted by molar-refractivity contribution is 9.10. The highest BCUT2D eigenvalue weighted by Crippen LogP contribution is 2.34. The quantitative estimate of drug-likeness (QED) is 0.906. The van der Waals surface area contributed by atoms with Crippen molar-refractivity contribution in [3.63, 3.8) is 0 Å². The van der Waals surface area contributed by atoms with Crippen LogP contribution < -0.4 is 10.1 Å². The van der Waals surface area contributed by atoms with Crippen molar-refractivity contribution in [2.45, 2.75) is 25.8 Å². The van der Waals surface area contributed by atoms with Gasteiger partial charge in [0, 0.05) is 46.5 Å². The molecule has 0 aliphatic carbocycles. The van der Waals surface area contributed by atoms with Crippen LogP contribution in [0.5, 0.6) is 5.75 Å². The lowest BCUT2D eigenvalue weighted by Crippen LogP contribution is -2.28. The third kappa shape index (κ3) is 3.22. The zero-order chi connectivity index (χ0) is 13.9. The molecule has 106 valence electrons. The predicted molar refractivity (Wildman–Crippen MR) is 85.6 cm³/mol. The van der Waals surface area contributed by atoms with Gasteiger partial charge in [0.1, 0.15) is 5.75 Å². The molecule has 5 heteroatoms. The largest absolute Gasteiger partial charge is 0.493 e. The van der Waals surface area contributed by atoms with Gasteiger partial charge in [-0.3, -0.25) is 0 Å². The Bertz CT molecular complexity index is 599. The molecule has 0 bridgehead atoms. The first kappa shape index (κ1) is 14.0. The third-order valence-corrected chi connectivity index (χ3v) is 4.93. The van der Waals surface area contributed by atoms with E-state index in [9.17, 15) is 0 Å². The van der Waals surface area contributed by atoms with Crippen LogP contribution in [0.25, 0.3) is 0 Å². The summed E-state index contributed by atoms with van der Waals surface area (Å²) in [7, 11) is 0. The van der Waals surface area contributed by atoms with Crippen LogP contribution >= 0.6 is 27.3 Å². The number of aromatic nitrogens is 1. The fraction of sp³-hybridized carbons (Fsp3) is 0.400. The van der Waals surface area contributed by atoms with Crippen molar-refractivity contribution < 1.29 is 4.74 Å². The van der Waals surface area contributed by atoms with Gasteiger partial charge in [-0.25, -0.2) is 4.98 Å². The first-order chi connectivity index (χ1) is 9.72. The third-order valence-electron chi connectivity index (χ3n) is 3.41. The summed E-state index contributed by atoms with van der Waals surface area (Å²) in [5, 5.41) is 6.94. The minimum Gasteiger partial charge on any atom is -0.493 e. The number of aryl methyl sites for hydroxylation is 1. The second-order valence-electron chi connectivity index (χ2n) is 4.96. The van der Waals surface area contributed by atoms with Crippen molar-refractivity contribution in [1.29, 1.82) is 0 Å². The SMILES string of the molecule is Cc1csc(CCNC2CCOc3ccc(Br)cc32)n1. The molecule has 1 aromatic heterocycles. The lowest BCUT2D eigenvalue weighted by atomic mass is 10.0. The highest BCUT2D eigenvalue weighted by Gasteiger charge is 2.21. The van der Waals surface area contributed by atoms with Gasteiger partial charge in [-0.15, -0.1) is 11.3 Å². The highest BCUT2D eigenvalue weighted by atomic mass is 79.9. The molecule has 1 unspecified atom stereocenters. The molecule has 1 atom stereocenters. The Labute approximate surface area is 131 Å². The van der Waals surface area contributed by atoms with Gasteiger partial charge in [-0.1, -0.05) is 15.9 Å². The van der Waals surface area contributed by atoms with Crippen LogP contribution in [0.3, 0.4) is 0 Å². The normalized spacial score (nSPS) is 17.6. The van der Waals surface area contributed by atoms with E-state index in [0.717, 1.165) is 41.9 Å². The van der Waals surface area contributed by atoms with E-state index in [1.54, 1.807) is 11.3 Å². The molecule has 2 aromatic rings. The van der Waals surface area contributed by atoms with Crippen molar-refractivity contribution in [3.8, 4) is 5.75 Å². The van der Waals surface area contributed by atoms with Gasteiger partial charge in [-0.2, -0.15) is 0 Å². The number of hydrogen-bond donors (Lipinski definition) is 1. The number of nitrogens with one attached hydrogen (secondary N) is 1. The van der Waals surface area contributed by atoms with E-state index in [1.807, 2.05) is 19.1 Å². The Morgan fingerprint density at radius 1 is 1.50 bits per heavy atom. The molecular weight excluding hydrogens is 336 g/mol. The number of rotatable bonds is 4. The molecule has 0 spiro atoms. The topological polar surface area (TPSA) is 34.1 Å². The Balaban J connectivity index is 1.63.